The molecule has 6 nitrogen and oxygen atoms in total. The molecule has 0 aliphatic heterocycles. The molecule has 32 heavy (non-hydrogen) atoms. The summed E-state index contributed by atoms with van der Waals surface area (Å²) in [6, 6.07) is 7.60. The van der Waals surface area contributed by atoms with Gasteiger partial charge < -0.3 is 14.7 Å². The Morgan fingerprint density at radius 1 is 1.12 bits per heavy atom. The molecule has 0 unspecified atom stereocenters. The number of rotatable bonds is 7. The van der Waals surface area contributed by atoms with E-state index in [0.717, 1.165) is 46.6 Å². The van der Waals surface area contributed by atoms with Crippen molar-refractivity contribution in [2.45, 2.75) is 71.6 Å². The van der Waals surface area contributed by atoms with E-state index in [1.54, 1.807) is 20.0 Å². The van der Waals surface area contributed by atoms with Gasteiger partial charge in [0, 0.05) is 30.8 Å². The number of ether oxygens (including phenoxy) is 1. The maximum Gasteiger partial charge on any atom is 0.315 e. The first-order valence-corrected chi connectivity index (χ1v) is 11.5. The van der Waals surface area contributed by atoms with E-state index < -0.39 is 5.97 Å². The van der Waals surface area contributed by atoms with E-state index in [1.165, 1.54) is 24.2 Å². The van der Waals surface area contributed by atoms with Crippen molar-refractivity contribution in [1.29, 1.82) is 0 Å². The molecule has 172 valence electrons. The van der Waals surface area contributed by atoms with E-state index in [0.29, 0.717) is 18.1 Å². The largest absolute Gasteiger partial charge is 0.506 e. The number of benzene rings is 1. The lowest BCUT2D eigenvalue weighted by Gasteiger charge is -2.23. The van der Waals surface area contributed by atoms with Crippen LogP contribution in [0.1, 0.15) is 79.4 Å². The average molecular weight is 439 g/mol. The third-order valence-electron chi connectivity index (χ3n) is 6.35. The predicted octanol–water partition coefficient (Wildman–Crippen LogP) is 4.96. The molecule has 3 rings (SSSR count). The van der Waals surface area contributed by atoms with Crippen LogP contribution in [0.4, 0.5) is 5.69 Å². The molecular weight excluding hydrogens is 404 g/mol. The molecule has 1 heterocycles. The molecule has 0 atom stereocenters. The molecule has 1 fully saturated rings. The highest BCUT2D eigenvalue weighted by molar-refractivity contribution is 6.03. The van der Waals surface area contributed by atoms with E-state index in [-0.39, 0.29) is 18.9 Å². The summed E-state index contributed by atoms with van der Waals surface area (Å²) in [5.74, 6) is -0.174. The molecule has 1 aromatic carbocycles. The Bertz CT molecular complexity index is 957. The molecule has 1 aromatic heterocycles. The molecule has 2 aromatic rings. The Hall–Kier alpha value is -2.89. The van der Waals surface area contributed by atoms with E-state index >= 15 is 0 Å². The highest BCUT2D eigenvalue weighted by atomic mass is 16.5. The minimum Gasteiger partial charge on any atom is -0.506 e. The van der Waals surface area contributed by atoms with Gasteiger partial charge in [-0.05, 0) is 74.6 Å². The van der Waals surface area contributed by atoms with E-state index in [4.69, 9.17) is 9.72 Å². The molecule has 0 spiro atoms. The number of amides is 1. The SMILES string of the molecule is CCOC(=O)CC(=O)N(C)c1cc(C)c(Cc2ccc(O)c(C3CCCCC3)n2)c(C)c1. The van der Waals surface area contributed by atoms with Crippen LogP contribution in [0.2, 0.25) is 0 Å². The summed E-state index contributed by atoms with van der Waals surface area (Å²) in [6.07, 6.45) is 6.21. The van der Waals surface area contributed by atoms with Gasteiger partial charge in [-0.3, -0.25) is 14.6 Å². The lowest BCUT2D eigenvalue weighted by Crippen LogP contribution is -2.29. The Kier molecular flexibility index (Phi) is 7.89. The standard InChI is InChI=1S/C26H34N2O4/c1-5-32-25(31)16-24(30)28(4)21-13-17(2)22(18(3)14-21)15-20-11-12-23(29)26(27-20)19-9-7-6-8-10-19/h11-14,19,29H,5-10,15-16H2,1-4H3. The number of esters is 1. The van der Waals surface area contributed by atoms with Gasteiger partial charge in [0.2, 0.25) is 5.91 Å². The van der Waals surface area contributed by atoms with Gasteiger partial charge in [0.15, 0.2) is 0 Å². The Labute approximate surface area is 190 Å². The van der Waals surface area contributed by atoms with Crippen LogP contribution in [0.25, 0.3) is 0 Å². The number of nitrogens with zero attached hydrogens (tertiary/aromatic N) is 2. The molecule has 0 bridgehead atoms. The maximum atomic E-state index is 12.4. The van der Waals surface area contributed by atoms with Crippen LogP contribution in [0.3, 0.4) is 0 Å². The summed E-state index contributed by atoms with van der Waals surface area (Å²) in [7, 11) is 1.67. The van der Waals surface area contributed by atoms with Crippen LogP contribution in [-0.2, 0) is 20.7 Å². The second-order valence-corrected chi connectivity index (χ2v) is 8.71. The fourth-order valence-corrected chi connectivity index (χ4v) is 4.51. The first kappa shape index (κ1) is 23.8. The van der Waals surface area contributed by atoms with Crippen molar-refractivity contribution in [1.82, 2.24) is 4.98 Å². The third kappa shape index (κ3) is 5.67. The summed E-state index contributed by atoms with van der Waals surface area (Å²) in [6.45, 7) is 6.03. The van der Waals surface area contributed by atoms with E-state index in [9.17, 15) is 14.7 Å². The van der Waals surface area contributed by atoms with Gasteiger partial charge in [-0.1, -0.05) is 19.3 Å². The van der Waals surface area contributed by atoms with Crippen molar-refractivity contribution in [2.24, 2.45) is 0 Å². The fraction of sp³-hybridized carbons (Fsp3) is 0.500. The van der Waals surface area contributed by atoms with Crippen LogP contribution >= 0.6 is 0 Å². The van der Waals surface area contributed by atoms with Gasteiger partial charge in [0.1, 0.15) is 12.2 Å². The quantitative estimate of drug-likeness (QED) is 0.488. The number of anilines is 1. The molecule has 1 N–H and O–H groups in total. The molecular formula is C26H34N2O4. The number of aryl methyl sites for hydroxylation is 2. The normalized spacial score (nSPS) is 14.2. The zero-order chi connectivity index (χ0) is 23.3. The maximum absolute atomic E-state index is 12.4. The third-order valence-corrected chi connectivity index (χ3v) is 6.35. The highest BCUT2D eigenvalue weighted by Gasteiger charge is 2.21. The number of hydrogen-bond donors (Lipinski definition) is 1. The van der Waals surface area contributed by atoms with Gasteiger partial charge >= 0.3 is 5.97 Å². The van der Waals surface area contributed by atoms with Crippen molar-refractivity contribution in [3.05, 3.63) is 52.3 Å². The van der Waals surface area contributed by atoms with Crippen LogP contribution in [0.5, 0.6) is 5.75 Å². The second kappa shape index (κ2) is 10.6. The molecule has 0 radical (unpaired) electrons. The lowest BCUT2D eigenvalue weighted by molar-refractivity contribution is -0.145. The second-order valence-electron chi connectivity index (χ2n) is 8.71. The molecule has 1 saturated carbocycles. The van der Waals surface area contributed by atoms with Gasteiger partial charge in [-0.15, -0.1) is 0 Å². The number of hydrogen-bond acceptors (Lipinski definition) is 5. The van der Waals surface area contributed by atoms with Crippen molar-refractivity contribution in [3.63, 3.8) is 0 Å². The van der Waals surface area contributed by atoms with E-state index in [2.05, 4.69) is 0 Å². The minimum atomic E-state index is -0.512. The smallest absolute Gasteiger partial charge is 0.315 e. The number of aromatic hydroxyl groups is 1. The first-order valence-electron chi connectivity index (χ1n) is 11.5. The monoisotopic (exact) mass is 438 g/mol. The minimum absolute atomic E-state index is 0.260. The highest BCUT2D eigenvalue weighted by Crippen LogP contribution is 2.36. The van der Waals surface area contributed by atoms with Crippen LogP contribution in [-0.4, -0.2) is 35.6 Å². The van der Waals surface area contributed by atoms with Gasteiger partial charge in [0.05, 0.1) is 12.3 Å². The van der Waals surface area contributed by atoms with E-state index in [1.807, 2.05) is 32.0 Å². The Morgan fingerprint density at radius 3 is 2.41 bits per heavy atom. The van der Waals surface area contributed by atoms with Crippen LogP contribution in [0.15, 0.2) is 24.3 Å². The van der Waals surface area contributed by atoms with Crippen LogP contribution in [0, 0.1) is 13.8 Å². The molecule has 1 amide bonds. The van der Waals surface area contributed by atoms with Crippen molar-refractivity contribution < 1.29 is 19.4 Å². The number of carbonyl (C=O) groups excluding carboxylic acids is 2. The lowest BCUT2D eigenvalue weighted by atomic mass is 9.86. The number of aromatic nitrogens is 1. The van der Waals surface area contributed by atoms with Crippen molar-refractivity contribution in [3.8, 4) is 5.75 Å². The summed E-state index contributed by atoms with van der Waals surface area (Å²) in [5.41, 5.74) is 5.80. The van der Waals surface area contributed by atoms with Gasteiger partial charge in [0.25, 0.3) is 0 Å². The zero-order valence-corrected chi connectivity index (χ0v) is 19.6. The number of carbonyl (C=O) groups is 2. The first-order chi connectivity index (χ1) is 15.3. The van der Waals surface area contributed by atoms with Crippen molar-refractivity contribution >= 4 is 17.6 Å². The topological polar surface area (TPSA) is 79.7 Å². The average Bonchev–Trinajstić information content (AvgIpc) is 2.77. The zero-order valence-electron chi connectivity index (χ0n) is 19.6. The summed E-state index contributed by atoms with van der Waals surface area (Å²) in [5, 5.41) is 10.4. The fourth-order valence-electron chi connectivity index (χ4n) is 4.51. The molecule has 6 heteroatoms. The summed E-state index contributed by atoms with van der Waals surface area (Å²) >= 11 is 0. The van der Waals surface area contributed by atoms with Gasteiger partial charge in [-0.2, -0.15) is 0 Å². The summed E-state index contributed by atoms with van der Waals surface area (Å²) < 4.78 is 4.88. The summed E-state index contributed by atoms with van der Waals surface area (Å²) in [4.78, 5) is 30.4. The number of pyridine rings is 1. The van der Waals surface area contributed by atoms with Crippen molar-refractivity contribution in [2.75, 3.05) is 18.6 Å². The molecule has 0 saturated heterocycles. The molecule has 1 aliphatic rings. The van der Waals surface area contributed by atoms with Crippen LogP contribution < -0.4 is 4.90 Å². The van der Waals surface area contributed by atoms with Gasteiger partial charge in [-0.25, -0.2) is 0 Å². The Morgan fingerprint density at radius 2 is 1.78 bits per heavy atom. The predicted molar refractivity (Wildman–Crippen MR) is 125 cm³/mol. The molecule has 1 aliphatic carbocycles. The Balaban J connectivity index is 1.78.